The molecule has 1 amide bonds. The van der Waals surface area contributed by atoms with Gasteiger partial charge in [-0.05, 0) is 42.4 Å². The molecule has 17 nitrogen and oxygen atoms in total. The van der Waals surface area contributed by atoms with Crippen LogP contribution in [-0.2, 0) is 57.1 Å². The Morgan fingerprint density at radius 3 is 2.18 bits per heavy atom. The fourth-order valence-corrected chi connectivity index (χ4v) is 10.7. The van der Waals surface area contributed by atoms with Crippen molar-refractivity contribution in [2.24, 2.45) is 34.0 Å². The lowest BCUT2D eigenvalue weighted by Crippen LogP contribution is -2.82. The minimum Gasteiger partial charge on any atom is -0.456 e. The molecule has 3 N–H and O–H groups in total. The summed E-state index contributed by atoms with van der Waals surface area (Å²) in [6.07, 6.45) is -11.2. The van der Waals surface area contributed by atoms with Gasteiger partial charge < -0.3 is 48.7 Å². The molecule has 340 valence electrons. The summed E-state index contributed by atoms with van der Waals surface area (Å²) in [6.45, 7) is 17.1. The van der Waals surface area contributed by atoms with Crippen molar-refractivity contribution in [3.8, 4) is 0 Å². The molecule has 12 atom stereocenters. The maximum Gasteiger partial charge on any atom is 0.509 e. The molecule has 5 aliphatic rings. The van der Waals surface area contributed by atoms with Crippen LogP contribution >= 0.6 is 0 Å². The van der Waals surface area contributed by atoms with E-state index < -0.39 is 129 Å². The van der Waals surface area contributed by atoms with E-state index in [1.54, 1.807) is 32.0 Å². The lowest BCUT2D eigenvalue weighted by Gasteiger charge is -2.67. The van der Waals surface area contributed by atoms with Gasteiger partial charge in [0.1, 0.15) is 12.2 Å². The molecule has 1 spiro atoms. The van der Waals surface area contributed by atoms with Gasteiger partial charge in [-0.25, -0.2) is 14.4 Å². The lowest BCUT2D eigenvalue weighted by molar-refractivity contribution is -0.345. The van der Waals surface area contributed by atoms with Crippen molar-refractivity contribution in [1.82, 2.24) is 5.32 Å². The smallest absolute Gasteiger partial charge is 0.456 e. The van der Waals surface area contributed by atoms with Gasteiger partial charge in [-0.2, -0.15) is 0 Å². The summed E-state index contributed by atoms with van der Waals surface area (Å²) in [6, 6.07) is 6.64. The highest BCUT2D eigenvalue weighted by Crippen LogP contribution is 2.67. The summed E-state index contributed by atoms with van der Waals surface area (Å²) in [4.78, 5) is 97.6. The quantitative estimate of drug-likeness (QED) is 0.211. The molecule has 2 heterocycles. The number of Topliss-reactive ketones (excluding diaryl/α,β-unsaturated/α-hetero) is 1. The van der Waals surface area contributed by atoms with E-state index in [-0.39, 0.29) is 42.9 Å². The normalized spacial score (nSPS) is 34.3. The SMILES string of the molecule is CC(=O)OC1=C2C(C)[C@@H](OC(=O)[C@H](O)C(CC(C)C)NC(=O)CC(C)(C)C)[C@@H]3OC(=O)OC3([C@@H](OC(=O)c3ccccc3)[C@@H]3[C@]4(OC(C)=O)CO[C@@H]4C[C@H](O)[C@@]3(C)C1=O)C2(C)C. The minimum absolute atomic E-state index is 0.0297. The van der Waals surface area contributed by atoms with Crippen LogP contribution in [0.4, 0.5) is 4.79 Å². The summed E-state index contributed by atoms with van der Waals surface area (Å²) in [5.41, 5.74) is -8.46. The van der Waals surface area contributed by atoms with Crippen molar-refractivity contribution in [2.45, 2.75) is 149 Å². The average Bonchev–Trinajstić information content (AvgIpc) is 3.52. The van der Waals surface area contributed by atoms with Gasteiger partial charge in [0.15, 0.2) is 29.7 Å². The summed E-state index contributed by atoms with van der Waals surface area (Å²) >= 11 is 0. The van der Waals surface area contributed by atoms with Crippen LogP contribution in [0.1, 0.15) is 106 Å². The lowest BCUT2D eigenvalue weighted by atomic mass is 9.44. The molecule has 3 unspecified atom stereocenters. The van der Waals surface area contributed by atoms with E-state index in [2.05, 4.69) is 5.32 Å². The van der Waals surface area contributed by atoms with Crippen molar-refractivity contribution >= 4 is 41.7 Å². The van der Waals surface area contributed by atoms with Crippen LogP contribution in [0.5, 0.6) is 0 Å². The highest BCUT2D eigenvalue weighted by molar-refractivity contribution is 6.02. The Morgan fingerprint density at radius 2 is 1.63 bits per heavy atom. The number of fused-ring (bicyclic) bond motifs is 4. The zero-order chi connectivity index (χ0) is 46.1. The van der Waals surface area contributed by atoms with E-state index in [9.17, 15) is 39.0 Å². The second kappa shape index (κ2) is 16.4. The topological polar surface area (TPSA) is 237 Å². The Kier molecular flexibility index (Phi) is 12.3. The van der Waals surface area contributed by atoms with Crippen molar-refractivity contribution in [1.29, 1.82) is 0 Å². The van der Waals surface area contributed by atoms with Crippen LogP contribution in [-0.4, -0.2) is 112 Å². The monoisotopic (exact) mass is 869 g/mol. The number of ether oxygens (including phenoxy) is 7. The first kappa shape index (κ1) is 46.6. The fraction of sp³-hybridized carbons (Fsp3) is 0.667. The van der Waals surface area contributed by atoms with Gasteiger partial charge in [-0.3, -0.25) is 19.2 Å². The van der Waals surface area contributed by atoms with Gasteiger partial charge in [0.2, 0.25) is 17.3 Å². The number of esters is 4. The molecule has 62 heavy (non-hydrogen) atoms. The third kappa shape index (κ3) is 7.67. The number of hydrogen-bond donors (Lipinski definition) is 3. The molecule has 0 radical (unpaired) electrons. The first-order valence-corrected chi connectivity index (χ1v) is 21.0. The Balaban J connectivity index is 1.61. The van der Waals surface area contributed by atoms with Crippen molar-refractivity contribution < 1.29 is 76.9 Å². The van der Waals surface area contributed by atoms with Crippen LogP contribution in [0.3, 0.4) is 0 Å². The summed E-state index contributed by atoms with van der Waals surface area (Å²) in [7, 11) is 0. The fourth-order valence-electron chi connectivity index (χ4n) is 10.7. The molecular weight excluding hydrogens is 810 g/mol. The standard InChI is InChI=1S/C45H59NO16/c1-21(2)17-26(46-29(50)19-41(6,7)8)31(51)39(54)58-32-22(3)30-33(57-23(4)47)35(52)43(11)27(49)18-28-44(20-56-28,61-24(5)48)34(43)37(59-38(53)25-15-13-12-14-16-25)45(42(30,9)10)36(32)60-40(55)62-45/h12-16,21-22,26-28,31-32,34,36-37,49,51H,17-20H2,1-11H3,(H,46,50)/t22?,26?,27-,28+,31+,32+,34-,36-,37-,43+,44-,45?/m0/s1. The van der Waals surface area contributed by atoms with Crippen LogP contribution in [0, 0.1) is 34.0 Å². The van der Waals surface area contributed by atoms with E-state index in [0.717, 1.165) is 13.8 Å². The van der Waals surface area contributed by atoms with Gasteiger partial charge in [-0.15, -0.1) is 0 Å². The van der Waals surface area contributed by atoms with Gasteiger partial charge in [0, 0.05) is 38.0 Å². The van der Waals surface area contributed by atoms with Crippen LogP contribution < -0.4 is 5.32 Å². The van der Waals surface area contributed by atoms with Crippen LogP contribution in [0.2, 0.25) is 0 Å². The van der Waals surface area contributed by atoms with Gasteiger partial charge in [-0.1, -0.05) is 73.6 Å². The molecule has 2 bridgehead atoms. The second-order valence-electron chi connectivity index (χ2n) is 19.7. The number of rotatable bonds is 11. The summed E-state index contributed by atoms with van der Waals surface area (Å²) < 4.78 is 42.8. The Labute approximate surface area is 360 Å². The number of carbonyl (C=O) groups is 7. The third-order valence-electron chi connectivity index (χ3n) is 13.3. The average molecular weight is 870 g/mol. The zero-order valence-corrected chi connectivity index (χ0v) is 37.1. The van der Waals surface area contributed by atoms with E-state index in [4.69, 9.17) is 33.2 Å². The third-order valence-corrected chi connectivity index (χ3v) is 13.3. The predicted molar refractivity (Wildman–Crippen MR) is 214 cm³/mol. The molecule has 2 aliphatic heterocycles. The Bertz CT molecular complexity index is 2040. The van der Waals surface area contributed by atoms with Crippen LogP contribution in [0.25, 0.3) is 0 Å². The Hall–Kier alpha value is -4.87. The largest absolute Gasteiger partial charge is 0.509 e. The zero-order valence-electron chi connectivity index (χ0n) is 37.1. The first-order chi connectivity index (χ1) is 28.7. The minimum atomic E-state index is -2.34. The predicted octanol–water partition coefficient (Wildman–Crippen LogP) is 3.89. The number of hydrogen-bond acceptors (Lipinski definition) is 16. The van der Waals surface area contributed by atoms with Crippen LogP contribution in [0.15, 0.2) is 41.7 Å². The van der Waals surface area contributed by atoms with E-state index in [1.165, 1.54) is 26.0 Å². The van der Waals surface area contributed by atoms with Crippen molar-refractivity contribution in [3.05, 3.63) is 47.2 Å². The number of nitrogens with one attached hydrogen (secondary N) is 1. The highest BCUT2D eigenvalue weighted by Gasteiger charge is 2.83. The van der Waals surface area contributed by atoms with E-state index in [0.29, 0.717) is 0 Å². The Morgan fingerprint density at radius 1 is 0.984 bits per heavy atom. The van der Waals surface area contributed by atoms with E-state index >= 15 is 4.79 Å². The molecule has 3 aliphatic carbocycles. The van der Waals surface area contributed by atoms with Gasteiger partial charge in [0.05, 0.1) is 35.6 Å². The van der Waals surface area contributed by atoms with Gasteiger partial charge >= 0.3 is 30.0 Å². The summed E-state index contributed by atoms with van der Waals surface area (Å²) in [5, 5.41) is 26.6. The van der Waals surface area contributed by atoms with Gasteiger partial charge in [0.25, 0.3) is 0 Å². The number of benzene rings is 1. The molecule has 2 saturated carbocycles. The number of carbonyl (C=O) groups excluding carboxylic acids is 7. The first-order valence-electron chi connectivity index (χ1n) is 21.0. The van der Waals surface area contributed by atoms with Crippen molar-refractivity contribution in [3.63, 3.8) is 0 Å². The maximum atomic E-state index is 15.6. The molecule has 2 saturated heterocycles. The molecular formula is C45H59NO16. The molecule has 4 fully saturated rings. The van der Waals surface area contributed by atoms with Crippen molar-refractivity contribution in [2.75, 3.05) is 6.61 Å². The number of ketones is 1. The maximum absolute atomic E-state index is 15.6. The molecule has 0 aromatic heterocycles. The molecule has 1 aromatic carbocycles. The number of allylic oxidation sites excluding steroid dienone is 1. The van der Waals surface area contributed by atoms with E-state index in [1.807, 2.05) is 34.6 Å². The number of amides is 1. The summed E-state index contributed by atoms with van der Waals surface area (Å²) in [5.74, 6) is -8.82. The number of aliphatic hydroxyl groups is 2. The second-order valence-corrected chi connectivity index (χ2v) is 19.7. The highest BCUT2D eigenvalue weighted by atomic mass is 16.8. The number of aliphatic hydroxyl groups excluding tert-OH is 2. The molecule has 1 aromatic rings. The molecule has 17 heteroatoms. The molecule has 6 rings (SSSR count).